The van der Waals surface area contributed by atoms with Gasteiger partial charge in [-0.3, -0.25) is 4.79 Å². The molecule has 0 aliphatic carbocycles. The van der Waals surface area contributed by atoms with E-state index in [1.165, 1.54) is 0 Å². The summed E-state index contributed by atoms with van der Waals surface area (Å²) in [5, 5.41) is 8.69. The molecule has 0 radical (unpaired) electrons. The summed E-state index contributed by atoms with van der Waals surface area (Å²) in [6.07, 6.45) is 0. The molecule has 3 aromatic rings. The largest absolute Gasteiger partial charge is 0.307 e. The van der Waals surface area contributed by atoms with Crippen LogP contribution in [0.4, 0.5) is 5.69 Å². The van der Waals surface area contributed by atoms with Gasteiger partial charge in [-0.15, -0.1) is 5.10 Å². The lowest BCUT2D eigenvalue weighted by molar-refractivity contribution is -0.125. The minimum absolute atomic E-state index is 0.0899. The first-order valence-corrected chi connectivity index (χ1v) is 8.77. The van der Waals surface area contributed by atoms with Crippen molar-refractivity contribution in [2.45, 2.75) is 27.3 Å². The Balaban J connectivity index is 2.05. The molecule has 0 unspecified atom stereocenters. The highest BCUT2D eigenvalue weighted by atomic mass is 16.2. The van der Waals surface area contributed by atoms with Gasteiger partial charge < -0.3 is 4.90 Å². The molecule has 132 valence electrons. The monoisotopic (exact) mass is 346 g/mol. The summed E-state index contributed by atoms with van der Waals surface area (Å²) >= 11 is 0. The molecule has 1 aliphatic rings. The number of amides is 1. The predicted octanol–water partition coefficient (Wildman–Crippen LogP) is 4.04. The molecule has 2 aromatic carbocycles. The molecule has 5 nitrogen and oxygen atoms in total. The topological polar surface area (TPSA) is 51.0 Å². The van der Waals surface area contributed by atoms with Crippen LogP contribution in [-0.2, 0) is 18.4 Å². The van der Waals surface area contributed by atoms with Gasteiger partial charge in [0.2, 0.25) is 5.91 Å². The Bertz CT molecular complexity index is 997. The number of nitrogens with zero attached hydrogens (tertiary/aromatic N) is 4. The number of fused-ring (bicyclic) bond motifs is 5. The van der Waals surface area contributed by atoms with E-state index in [1.807, 2.05) is 73.8 Å². The van der Waals surface area contributed by atoms with Crippen molar-refractivity contribution in [3.05, 3.63) is 54.1 Å². The van der Waals surface area contributed by atoms with Crippen LogP contribution in [0.3, 0.4) is 0 Å². The van der Waals surface area contributed by atoms with Crippen molar-refractivity contribution in [2.75, 3.05) is 4.90 Å². The number of para-hydroxylation sites is 1. The second-order valence-electron chi connectivity index (χ2n) is 7.73. The Kier molecular flexibility index (Phi) is 3.68. The fourth-order valence-corrected chi connectivity index (χ4v) is 3.48. The molecule has 4 rings (SSSR count). The third-order valence-electron chi connectivity index (χ3n) is 4.76. The Morgan fingerprint density at radius 1 is 1.00 bits per heavy atom. The van der Waals surface area contributed by atoms with Crippen LogP contribution in [0.2, 0.25) is 0 Å². The first-order chi connectivity index (χ1) is 12.4. The van der Waals surface area contributed by atoms with Gasteiger partial charge in [-0.25, -0.2) is 4.68 Å². The van der Waals surface area contributed by atoms with Gasteiger partial charge in [-0.05, 0) is 11.6 Å². The molecule has 0 saturated heterocycles. The van der Waals surface area contributed by atoms with Crippen molar-refractivity contribution in [3.8, 4) is 22.5 Å². The Morgan fingerprint density at radius 3 is 2.38 bits per heavy atom. The highest BCUT2D eigenvalue weighted by Crippen LogP contribution is 2.41. The van der Waals surface area contributed by atoms with Crippen molar-refractivity contribution in [3.63, 3.8) is 0 Å². The van der Waals surface area contributed by atoms with E-state index >= 15 is 0 Å². The normalized spacial score (nSPS) is 13.3. The number of carbonyl (C=O) groups is 1. The number of anilines is 1. The van der Waals surface area contributed by atoms with Gasteiger partial charge >= 0.3 is 0 Å². The molecule has 0 bridgehead atoms. The van der Waals surface area contributed by atoms with Crippen LogP contribution in [0.25, 0.3) is 22.5 Å². The molecule has 0 saturated carbocycles. The van der Waals surface area contributed by atoms with E-state index < -0.39 is 5.41 Å². The van der Waals surface area contributed by atoms with Crippen molar-refractivity contribution in [1.29, 1.82) is 0 Å². The molecule has 0 N–H and O–H groups in total. The van der Waals surface area contributed by atoms with Gasteiger partial charge in [-0.2, -0.15) is 0 Å². The second-order valence-corrected chi connectivity index (χ2v) is 7.73. The van der Waals surface area contributed by atoms with Gasteiger partial charge in [0.15, 0.2) is 0 Å². The number of hydrogen-bond donors (Lipinski definition) is 0. The smallest absolute Gasteiger partial charge is 0.232 e. The molecule has 1 aromatic heterocycles. The van der Waals surface area contributed by atoms with Crippen LogP contribution >= 0.6 is 0 Å². The maximum atomic E-state index is 13.3. The van der Waals surface area contributed by atoms with E-state index in [9.17, 15) is 4.79 Å². The van der Waals surface area contributed by atoms with E-state index in [0.717, 1.165) is 33.8 Å². The van der Waals surface area contributed by atoms with Crippen LogP contribution in [0, 0.1) is 5.41 Å². The molecule has 2 heterocycles. The SMILES string of the molecule is Cn1nnc2c1-c1ccccc1CN(C(=O)C(C)(C)C)c1ccccc1-2. The number of aryl methyl sites for hydroxylation is 1. The number of hydrogen-bond acceptors (Lipinski definition) is 3. The molecule has 26 heavy (non-hydrogen) atoms. The zero-order valence-corrected chi connectivity index (χ0v) is 15.5. The summed E-state index contributed by atoms with van der Waals surface area (Å²) in [6, 6.07) is 16.1. The fourth-order valence-electron chi connectivity index (χ4n) is 3.48. The lowest BCUT2D eigenvalue weighted by Crippen LogP contribution is -2.39. The lowest BCUT2D eigenvalue weighted by Gasteiger charge is -2.33. The zero-order valence-electron chi connectivity index (χ0n) is 15.5. The molecule has 0 spiro atoms. The minimum Gasteiger partial charge on any atom is -0.307 e. The summed E-state index contributed by atoms with van der Waals surface area (Å²) < 4.78 is 1.81. The molecule has 0 fully saturated rings. The molecule has 0 atom stereocenters. The standard InChI is InChI=1S/C21H22N4O/c1-21(2,3)20(26)25-13-14-9-5-6-10-15(14)19-18(22-23-24(19)4)16-11-7-8-12-17(16)25/h5-12H,13H2,1-4H3. The van der Waals surface area contributed by atoms with Crippen LogP contribution in [-0.4, -0.2) is 20.9 Å². The van der Waals surface area contributed by atoms with E-state index in [-0.39, 0.29) is 5.91 Å². The summed E-state index contributed by atoms with van der Waals surface area (Å²) in [4.78, 5) is 15.1. The number of aromatic nitrogens is 3. The summed E-state index contributed by atoms with van der Waals surface area (Å²) in [5.41, 5.74) is 5.28. The first-order valence-electron chi connectivity index (χ1n) is 8.77. The molecule has 5 heteroatoms. The van der Waals surface area contributed by atoms with Crippen molar-refractivity contribution < 1.29 is 4.79 Å². The van der Waals surface area contributed by atoms with Crippen molar-refractivity contribution in [2.24, 2.45) is 12.5 Å². The van der Waals surface area contributed by atoms with Gasteiger partial charge in [0.1, 0.15) is 5.69 Å². The fraction of sp³-hybridized carbons (Fsp3) is 0.286. The third-order valence-corrected chi connectivity index (χ3v) is 4.76. The van der Waals surface area contributed by atoms with Crippen LogP contribution in [0.15, 0.2) is 48.5 Å². The Labute approximate surface area is 153 Å². The predicted molar refractivity (Wildman–Crippen MR) is 103 cm³/mol. The lowest BCUT2D eigenvalue weighted by atomic mass is 9.91. The minimum atomic E-state index is -0.480. The summed E-state index contributed by atoms with van der Waals surface area (Å²) in [5.74, 6) is 0.0899. The van der Waals surface area contributed by atoms with Gasteiger partial charge in [-0.1, -0.05) is 68.4 Å². The third kappa shape index (κ3) is 2.51. The average molecular weight is 346 g/mol. The Morgan fingerprint density at radius 2 is 1.65 bits per heavy atom. The molecular weight excluding hydrogens is 324 g/mol. The zero-order chi connectivity index (χ0) is 18.5. The quantitative estimate of drug-likeness (QED) is 0.617. The number of benzene rings is 2. The highest BCUT2D eigenvalue weighted by Gasteiger charge is 2.33. The molecule has 1 aliphatic heterocycles. The van der Waals surface area contributed by atoms with Crippen molar-refractivity contribution in [1.82, 2.24) is 15.0 Å². The molecule has 1 amide bonds. The van der Waals surface area contributed by atoms with E-state index in [1.54, 1.807) is 0 Å². The second kappa shape index (κ2) is 5.80. The van der Waals surface area contributed by atoms with Crippen LogP contribution < -0.4 is 4.90 Å². The summed E-state index contributed by atoms with van der Waals surface area (Å²) in [6.45, 7) is 6.39. The summed E-state index contributed by atoms with van der Waals surface area (Å²) in [7, 11) is 1.91. The van der Waals surface area contributed by atoms with Crippen LogP contribution in [0.1, 0.15) is 26.3 Å². The average Bonchev–Trinajstić information content (AvgIpc) is 2.98. The van der Waals surface area contributed by atoms with Gasteiger partial charge in [0.05, 0.1) is 17.9 Å². The van der Waals surface area contributed by atoms with Gasteiger partial charge in [0.25, 0.3) is 0 Å². The maximum absolute atomic E-state index is 13.3. The Hall–Kier alpha value is -2.95. The number of rotatable bonds is 0. The number of carbonyl (C=O) groups excluding carboxylic acids is 1. The van der Waals surface area contributed by atoms with Crippen LogP contribution in [0.5, 0.6) is 0 Å². The van der Waals surface area contributed by atoms with E-state index in [0.29, 0.717) is 6.54 Å². The van der Waals surface area contributed by atoms with Crippen molar-refractivity contribution >= 4 is 11.6 Å². The van der Waals surface area contributed by atoms with Gasteiger partial charge in [0, 0.05) is 23.6 Å². The maximum Gasteiger partial charge on any atom is 0.232 e. The van der Waals surface area contributed by atoms with E-state index in [2.05, 4.69) is 22.4 Å². The molecular formula is C21H22N4O. The first kappa shape index (κ1) is 16.5. The highest BCUT2D eigenvalue weighted by molar-refractivity contribution is 6.02. The van der Waals surface area contributed by atoms with E-state index in [4.69, 9.17) is 0 Å².